The first-order valence-corrected chi connectivity index (χ1v) is 9.95. The van der Waals surface area contributed by atoms with Gasteiger partial charge in [0.25, 0.3) is 5.91 Å². The molecule has 0 aliphatic carbocycles. The van der Waals surface area contributed by atoms with Gasteiger partial charge in [-0.15, -0.1) is 11.3 Å². The van der Waals surface area contributed by atoms with E-state index >= 15 is 0 Å². The smallest absolute Gasteiger partial charge is 0.273 e. The lowest BCUT2D eigenvalue weighted by molar-refractivity contribution is 0.102. The minimum Gasteiger partial charge on any atom is -0.497 e. The summed E-state index contributed by atoms with van der Waals surface area (Å²) >= 11 is 1.44. The fraction of sp³-hybridized carbons (Fsp3) is 0.182. The molecule has 0 unspecified atom stereocenters. The van der Waals surface area contributed by atoms with Crippen LogP contribution in [0.15, 0.2) is 60.1 Å². The molecule has 0 radical (unpaired) electrons. The Balaban J connectivity index is 1.60. The number of hydrogen-bond acceptors (Lipinski definition) is 4. The van der Waals surface area contributed by atoms with Crippen molar-refractivity contribution in [2.45, 2.75) is 19.8 Å². The number of carbonyl (C=O) groups is 1. The average molecular weight is 391 g/mol. The highest BCUT2D eigenvalue weighted by atomic mass is 32.1. The maximum atomic E-state index is 12.8. The lowest BCUT2D eigenvalue weighted by atomic mass is 10.0. The van der Waals surface area contributed by atoms with E-state index in [2.05, 4.69) is 24.1 Å². The molecule has 0 aliphatic rings. The van der Waals surface area contributed by atoms with Crippen LogP contribution in [-0.2, 0) is 0 Å². The van der Waals surface area contributed by atoms with E-state index in [9.17, 15) is 4.79 Å². The van der Waals surface area contributed by atoms with Crippen LogP contribution >= 0.6 is 11.3 Å². The van der Waals surface area contributed by atoms with Gasteiger partial charge in [0.2, 0.25) is 0 Å². The molecular weight excluding hydrogens is 370 g/mol. The summed E-state index contributed by atoms with van der Waals surface area (Å²) in [5.41, 5.74) is 4.34. The molecule has 2 aromatic carbocycles. The minimum absolute atomic E-state index is 0.155. The molecule has 5 nitrogen and oxygen atoms in total. The number of anilines is 1. The molecule has 1 amide bonds. The number of carbonyl (C=O) groups excluding carboxylic acids is 1. The van der Waals surface area contributed by atoms with Crippen molar-refractivity contribution < 1.29 is 9.53 Å². The van der Waals surface area contributed by atoms with Crippen molar-refractivity contribution in [3.8, 4) is 17.0 Å². The van der Waals surface area contributed by atoms with Crippen LogP contribution in [0.5, 0.6) is 5.75 Å². The predicted octanol–water partition coefficient (Wildman–Crippen LogP) is 5.45. The van der Waals surface area contributed by atoms with Gasteiger partial charge in [-0.25, -0.2) is 4.98 Å². The van der Waals surface area contributed by atoms with Crippen LogP contribution in [0.2, 0.25) is 0 Å². The molecular formula is C22H21N3O2S. The van der Waals surface area contributed by atoms with Crippen molar-refractivity contribution in [3.05, 3.63) is 71.4 Å². The Kier molecular flexibility index (Phi) is 4.88. The number of nitrogens with one attached hydrogen (secondary N) is 1. The van der Waals surface area contributed by atoms with E-state index in [-0.39, 0.29) is 5.91 Å². The molecule has 4 aromatic rings. The van der Waals surface area contributed by atoms with Gasteiger partial charge in [-0.3, -0.25) is 9.20 Å². The highest BCUT2D eigenvalue weighted by molar-refractivity contribution is 7.15. The standard InChI is InChI=1S/C22H21N3O2S/c1-14(2)15-7-9-17(10-8-15)23-21(26)20-13-28-22-24-19(12-25(20)22)16-5-4-6-18(11-16)27-3/h4-14H,1-3H3,(H,23,26). The number of ether oxygens (including phenoxy) is 1. The van der Waals surface area contributed by atoms with E-state index in [1.807, 2.05) is 64.5 Å². The topological polar surface area (TPSA) is 55.6 Å². The van der Waals surface area contributed by atoms with Gasteiger partial charge in [0, 0.05) is 22.8 Å². The van der Waals surface area contributed by atoms with Gasteiger partial charge in [0.1, 0.15) is 11.4 Å². The number of thiazole rings is 1. The third-order valence-electron chi connectivity index (χ3n) is 4.64. The highest BCUT2D eigenvalue weighted by Gasteiger charge is 2.16. The Labute approximate surface area is 167 Å². The number of imidazole rings is 1. The highest BCUT2D eigenvalue weighted by Crippen LogP contribution is 2.27. The molecule has 28 heavy (non-hydrogen) atoms. The van der Waals surface area contributed by atoms with E-state index in [0.717, 1.165) is 27.7 Å². The minimum atomic E-state index is -0.155. The molecule has 4 rings (SSSR count). The first kappa shape index (κ1) is 18.3. The van der Waals surface area contributed by atoms with Gasteiger partial charge < -0.3 is 10.1 Å². The van der Waals surface area contributed by atoms with Crippen LogP contribution in [-0.4, -0.2) is 22.4 Å². The van der Waals surface area contributed by atoms with Crippen molar-refractivity contribution in [2.75, 3.05) is 12.4 Å². The molecule has 6 heteroatoms. The van der Waals surface area contributed by atoms with E-state index in [0.29, 0.717) is 11.6 Å². The number of amides is 1. The zero-order valence-electron chi connectivity index (χ0n) is 16.0. The van der Waals surface area contributed by atoms with Crippen molar-refractivity contribution in [2.24, 2.45) is 0 Å². The summed E-state index contributed by atoms with van der Waals surface area (Å²) in [7, 11) is 1.64. The van der Waals surface area contributed by atoms with Gasteiger partial charge >= 0.3 is 0 Å². The maximum Gasteiger partial charge on any atom is 0.273 e. The summed E-state index contributed by atoms with van der Waals surface area (Å²) in [5, 5.41) is 4.80. The molecule has 0 fully saturated rings. The molecule has 0 saturated heterocycles. The number of benzene rings is 2. The van der Waals surface area contributed by atoms with E-state index in [1.165, 1.54) is 16.9 Å². The van der Waals surface area contributed by atoms with Crippen LogP contribution in [0.1, 0.15) is 35.8 Å². The first-order valence-electron chi connectivity index (χ1n) is 9.07. The Bertz CT molecular complexity index is 1130. The number of aromatic nitrogens is 2. The number of rotatable bonds is 5. The molecule has 2 heterocycles. The number of nitrogens with zero attached hydrogens (tertiary/aromatic N) is 2. The summed E-state index contributed by atoms with van der Waals surface area (Å²) in [5.74, 6) is 1.08. The van der Waals surface area contributed by atoms with Crippen molar-refractivity contribution in [1.29, 1.82) is 0 Å². The summed E-state index contributed by atoms with van der Waals surface area (Å²) in [4.78, 5) is 18.2. The van der Waals surface area contributed by atoms with E-state index in [4.69, 9.17) is 4.74 Å². The zero-order chi connectivity index (χ0) is 19.7. The Morgan fingerprint density at radius 2 is 1.96 bits per heavy atom. The fourth-order valence-corrected chi connectivity index (χ4v) is 3.87. The second-order valence-corrected chi connectivity index (χ2v) is 7.70. The number of hydrogen-bond donors (Lipinski definition) is 1. The van der Waals surface area contributed by atoms with Gasteiger partial charge in [-0.05, 0) is 35.7 Å². The second kappa shape index (κ2) is 7.48. The SMILES string of the molecule is COc1cccc(-c2cn3c(C(=O)Nc4ccc(C(C)C)cc4)csc3n2)c1. The fourth-order valence-electron chi connectivity index (χ4n) is 3.02. The molecule has 0 spiro atoms. The van der Waals surface area contributed by atoms with Crippen molar-refractivity contribution >= 4 is 27.9 Å². The maximum absolute atomic E-state index is 12.8. The summed E-state index contributed by atoms with van der Waals surface area (Å²) in [6, 6.07) is 15.7. The normalized spacial score (nSPS) is 11.1. The van der Waals surface area contributed by atoms with Crippen LogP contribution in [0.4, 0.5) is 5.69 Å². The molecule has 0 aliphatic heterocycles. The third-order valence-corrected chi connectivity index (χ3v) is 5.48. The monoisotopic (exact) mass is 391 g/mol. The van der Waals surface area contributed by atoms with Crippen LogP contribution in [0.3, 0.4) is 0 Å². The molecule has 0 atom stereocenters. The van der Waals surface area contributed by atoms with Crippen LogP contribution in [0, 0.1) is 0 Å². The molecule has 2 aromatic heterocycles. The lowest BCUT2D eigenvalue weighted by Crippen LogP contribution is -2.13. The Morgan fingerprint density at radius 1 is 1.18 bits per heavy atom. The van der Waals surface area contributed by atoms with E-state index in [1.54, 1.807) is 7.11 Å². The average Bonchev–Trinajstić information content (AvgIpc) is 3.29. The van der Waals surface area contributed by atoms with E-state index < -0.39 is 0 Å². The van der Waals surface area contributed by atoms with Gasteiger partial charge in [0.15, 0.2) is 4.96 Å². The number of fused-ring (bicyclic) bond motifs is 1. The van der Waals surface area contributed by atoms with Crippen LogP contribution in [0.25, 0.3) is 16.2 Å². The second-order valence-electron chi connectivity index (χ2n) is 6.86. The van der Waals surface area contributed by atoms with Gasteiger partial charge in [-0.2, -0.15) is 0 Å². The van der Waals surface area contributed by atoms with Crippen LogP contribution < -0.4 is 10.1 Å². The third kappa shape index (κ3) is 3.51. The molecule has 1 N–H and O–H groups in total. The molecule has 0 bridgehead atoms. The predicted molar refractivity (Wildman–Crippen MR) is 114 cm³/mol. The summed E-state index contributed by atoms with van der Waals surface area (Å²) in [6.07, 6.45) is 1.89. The Morgan fingerprint density at radius 3 is 2.68 bits per heavy atom. The lowest BCUT2D eigenvalue weighted by Gasteiger charge is -2.08. The van der Waals surface area contributed by atoms with Gasteiger partial charge in [-0.1, -0.05) is 38.1 Å². The zero-order valence-corrected chi connectivity index (χ0v) is 16.8. The van der Waals surface area contributed by atoms with Crippen molar-refractivity contribution in [1.82, 2.24) is 9.38 Å². The Hall–Kier alpha value is -3.12. The van der Waals surface area contributed by atoms with Gasteiger partial charge in [0.05, 0.1) is 12.8 Å². The quantitative estimate of drug-likeness (QED) is 0.492. The summed E-state index contributed by atoms with van der Waals surface area (Å²) < 4.78 is 7.12. The first-order chi connectivity index (χ1) is 13.5. The number of methoxy groups -OCH3 is 1. The molecule has 142 valence electrons. The van der Waals surface area contributed by atoms with Crippen molar-refractivity contribution in [3.63, 3.8) is 0 Å². The molecule has 0 saturated carbocycles. The largest absolute Gasteiger partial charge is 0.497 e. The summed E-state index contributed by atoms with van der Waals surface area (Å²) in [6.45, 7) is 4.29.